The summed E-state index contributed by atoms with van der Waals surface area (Å²) in [6.07, 6.45) is 6.56. The number of sulfone groups is 1. The number of hydrogen-bond acceptors (Lipinski definition) is 3. The molecule has 0 saturated heterocycles. The van der Waals surface area contributed by atoms with E-state index < -0.39 is 9.84 Å². The monoisotopic (exact) mass is 272 g/mol. The van der Waals surface area contributed by atoms with Crippen molar-refractivity contribution in [1.29, 1.82) is 0 Å². The lowest BCUT2D eigenvalue weighted by atomic mass is 10.1. The van der Waals surface area contributed by atoms with E-state index in [1.807, 2.05) is 30.0 Å². The molecule has 18 heavy (non-hydrogen) atoms. The Bertz CT molecular complexity index is 451. The molecule has 104 valence electrons. The molecule has 0 aliphatic rings. The number of rotatable bonds is 8. The first-order chi connectivity index (χ1) is 8.48. The van der Waals surface area contributed by atoms with E-state index >= 15 is 0 Å². The molecule has 1 aromatic rings. The molecule has 0 radical (unpaired) electrons. The molecule has 0 aromatic carbocycles. The van der Waals surface area contributed by atoms with Gasteiger partial charge in [-0.2, -0.15) is 0 Å². The molecule has 5 heteroatoms. The largest absolute Gasteiger partial charge is 0.353 e. The van der Waals surface area contributed by atoms with E-state index in [1.165, 1.54) is 0 Å². The van der Waals surface area contributed by atoms with E-state index in [1.54, 1.807) is 0 Å². The highest BCUT2D eigenvalue weighted by Crippen LogP contribution is 2.15. The average Bonchev–Trinajstić information content (AvgIpc) is 2.75. The third-order valence-corrected chi connectivity index (χ3v) is 4.81. The SMILES string of the molecule is CCCC(N)c1ccn(CCS(=O)(=O)CCC)c1. The smallest absolute Gasteiger partial charge is 0.152 e. The second-order valence-corrected chi connectivity index (χ2v) is 7.03. The van der Waals surface area contributed by atoms with Crippen LogP contribution in [-0.4, -0.2) is 24.5 Å². The lowest BCUT2D eigenvalue weighted by molar-refractivity contribution is 0.587. The van der Waals surface area contributed by atoms with Crippen molar-refractivity contribution in [2.24, 2.45) is 5.73 Å². The molecular weight excluding hydrogens is 248 g/mol. The van der Waals surface area contributed by atoms with Crippen molar-refractivity contribution in [3.63, 3.8) is 0 Å². The van der Waals surface area contributed by atoms with Crippen LogP contribution < -0.4 is 5.73 Å². The second-order valence-electron chi connectivity index (χ2n) is 4.73. The Morgan fingerprint density at radius 3 is 2.61 bits per heavy atom. The van der Waals surface area contributed by atoms with Gasteiger partial charge < -0.3 is 10.3 Å². The molecule has 1 unspecified atom stereocenters. The van der Waals surface area contributed by atoms with Gasteiger partial charge in [0.15, 0.2) is 9.84 Å². The second kappa shape index (κ2) is 6.95. The Morgan fingerprint density at radius 2 is 2.00 bits per heavy atom. The zero-order chi connectivity index (χ0) is 13.6. The standard InChI is InChI=1S/C13H24N2O2S/c1-3-5-13(14)12-6-7-15(11-12)8-10-18(16,17)9-4-2/h6-7,11,13H,3-5,8-10,14H2,1-2H3. The molecule has 0 saturated carbocycles. The Kier molecular flexibility index (Phi) is 5.88. The van der Waals surface area contributed by atoms with Crippen LogP contribution in [0.5, 0.6) is 0 Å². The van der Waals surface area contributed by atoms with Crippen molar-refractivity contribution in [1.82, 2.24) is 4.57 Å². The quantitative estimate of drug-likeness (QED) is 0.788. The molecule has 1 rings (SSSR count). The molecule has 1 aromatic heterocycles. The van der Waals surface area contributed by atoms with Crippen LogP contribution in [0.1, 0.15) is 44.7 Å². The number of aryl methyl sites for hydroxylation is 1. The maximum absolute atomic E-state index is 11.6. The van der Waals surface area contributed by atoms with Gasteiger partial charge >= 0.3 is 0 Å². The molecule has 0 aliphatic carbocycles. The van der Waals surface area contributed by atoms with Crippen molar-refractivity contribution in [3.8, 4) is 0 Å². The Labute approximate surface area is 110 Å². The average molecular weight is 272 g/mol. The van der Waals surface area contributed by atoms with Gasteiger partial charge in [-0.1, -0.05) is 20.3 Å². The molecule has 0 fully saturated rings. The fourth-order valence-corrected chi connectivity index (χ4v) is 3.27. The van der Waals surface area contributed by atoms with E-state index in [0.717, 1.165) is 18.4 Å². The van der Waals surface area contributed by atoms with Crippen LogP contribution in [0.15, 0.2) is 18.5 Å². The van der Waals surface area contributed by atoms with Crippen LogP contribution in [0.25, 0.3) is 0 Å². The first-order valence-electron chi connectivity index (χ1n) is 6.60. The third-order valence-electron chi connectivity index (χ3n) is 2.98. The minimum Gasteiger partial charge on any atom is -0.353 e. The van der Waals surface area contributed by atoms with Crippen LogP contribution in [0.3, 0.4) is 0 Å². The number of nitrogens with zero attached hydrogens (tertiary/aromatic N) is 1. The summed E-state index contributed by atoms with van der Waals surface area (Å²) in [5.41, 5.74) is 7.10. The van der Waals surface area contributed by atoms with E-state index in [4.69, 9.17) is 5.73 Å². The molecule has 0 bridgehead atoms. The van der Waals surface area contributed by atoms with Gasteiger partial charge in [-0.25, -0.2) is 8.42 Å². The zero-order valence-corrected chi connectivity index (χ0v) is 12.1. The zero-order valence-electron chi connectivity index (χ0n) is 11.3. The lowest BCUT2D eigenvalue weighted by Crippen LogP contribution is -2.15. The van der Waals surface area contributed by atoms with Gasteiger partial charge in [-0.05, 0) is 24.5 Å². The van der Waals surface area contributed by atoms with Gasteiger partial charge in [0.1, 0.15) is 0 Å². The summed E-state index contributed by atoms with van der Waals surface area (Å²) < 4.78 is 25.1. The lowest BCUT2D eigenvalue weighted by Gasteiger charge is -2.07. The Balaban J connectivity index is 2.54. The van der Waals surface area contributed by atoms with Crippen molar-refractivity contribution < 1.29 is 8.42 Å². The fraction of sp³-hybridized carbons (Fsp3) is 0.692. The minimum absolute atomic E-state index is 0.0588. The summed E-state index contributed by atoms with van der Waals surface area (Å²) in [6, 6.07) is 2.04. The van der Waals surface area contributed by atoms with Crippen LogP contribution in [-0.2, 0) is 16.4 Å². The maximum Gasteiger partial charge on any atom is 0.152 e. The normalized spacial score (nSPS) is 13.7. The van der Waals surface area contributed by atoms with Gasteiger partial charge in [0, 0.05) is 30.7 Å². The number of nitrogens with two attached hydrogens (primary N) is 1. The molecule has 4 nitrogen and oxygen atoms in total. The van der Waals surface area contributed by atoms with E-state index in [9.17, 15) is 8.42 Å². The highest BCUT2D eigenvalue weighted by molar-refractivity contribution is 7.91. The fourth-order valence-electron chi connectivity index (χ4n) is 1.95. The summed E-state index contributed by atoms with van der Waals surface area (Å²) in [5.74, 6) is 0.481. The number of aromatic nitrogens is 1. The minimum atomic E-state index is -2.90. The molecule has 2 N–H and O–H groups in total. The molecule has 0 aliphatic heterocycles. The summed E-state index contributed by atoms with van der Waals surface area (Å²) in [7, 11) is -2.90. The van der Waals surface area contributed by atoms with Gasteiger partial charge in [0.2, 0.25) is 0 Å². The molecule has 1 atom stereocenters. The third kappa shape index (κ3) is 4.82. The van der Waals surface area contributed by atoms with Gasteiger partial charge in [-0.3, -0.25) is 0 Å². The van der Waals surface area contributed by atoms with Gasteiger partial charge in [0.05, 0.1) is 5.75 Å². The Hall–Kier alpha value is -0.810. The Morgan fingerprint density at radius 1 is 1.28 bits per heavy atom. The highest BCUT2D eigenvalue weighted by Gasteiger charge is 2.10. The molecular formula is C13H24N2O2S. The summed E-state index contributed by atoms with van der Waals surface area (Å²) in [6.45, 7) is 4.50. The van der Waals surface area contributed by atoms with E-state index in [0.29, 0.717) is 13.0 Å². The summed E-state index contributed by atoms with van der Waals surface area (Å²) in [5, 5.41) is 0. The van der Waals surface area contributed by atoms with Crippen LogP contribution in [0.4, 0.5) is 0 Å². The molecule has 0 amide bonds. The van der Waals surface area contributed by atoms with E-state index in [2.05, 4.69) is 6.92 Å². The topological polar surface area (TPSA) is 65.1 Å². The van der Waals surface area contributed by atoms with Crippen molar-refractivity contribution >= 4 is 9.84 Å². The van der Waals surface area contributed by atoms with Crippen LogP contribution >= 0.6 is 0 Å². The number of hydrogen-bond donors (Lipinski definition) is 1. The van der Waals surface area contributed by atoms with Crippen LogP contribution in [0, 0.1) is 0 Å². The summed E-state index contributed by atoms with van der Waals surface area (Å²) >= 11 is 0. The first-order valence-corrected chi connectivity index (χ1v) is 8.42. The predicted octanol–water partition coefficient (Wildman–Crippen LogP) is 2.11. The van der Waals surface area contributed by atoms with Gasteiger partial charge in [-0.15, -0.1) is 0 Å². The summed E-state index contributed by atoms with van der Waals surface area (Å²) in [4.78, 5) is 0. The van der Waals surface area contributed by atoms with E-state index in [-0.39, 0.29) is 17.5 Å². The van der Waals surface area contributed by atoms with Crippen molar-refractivity contribution in [3.05, 3.63) is 24.0 Å². The highest BCUT2D eigenvalue weighted by atomic mass is 32.2. The predicted molar refractivity (Wildman–Crippen MR) is 75.2 cm³/mol. The molecule has 0 spiro atoms. The van der Waals surface area contributed by atoms with Crippen LogP contribution in [0.2, 0.25) is 0 Å². The van der Waals surface area contributed by atoms with Gasteiger partial charge in [0.25, 0.3) is 0 Å². The van der Waals surface area contributed by atoms with Crippen molar-refractivity contribution in [2.45, 2.75) is 45.7 Å². The molecule has 1 heterocycles. The van der Waals surface area contributed by atoms with Crippen molar-refractivity contribution in [2.75, 3.05) is 11.5 Å². The maximum atomic E-state index is 11.6. The first kappa shape index (κ1) is 15.2.